The molecule has 4 aromatic rings. The number of aryl methyl sites for hydroxylation is 1. The van der Waals surface area contributed by atoms with Gasteiger partial charge in [-0.15, -0.1) is 0 Å². The lowest BCUT2D eigenvalue weighted by atomic mass is 10.1. The van der Waals surface area contributed by atoms with Crippen LogP contribution in [0.15, 0.2) is 82.8 Å². The van der Waals surface area contributed by atoms with Crippen LogP contribution >= 0.6 is 27.5 Å². The van der Waals surface area contributed by atoms with Gasteiger partial charge in [0.1, 0.15) is 18.2 Å². The van der Waals surface area contributed by atoms with Gasteiger partial charge in [-0.1, -0.05) is 76.1 Å². The number of nitriles is 1. The number of halogens is 2. The summed E-state index contributed by atoms with van der Waals surface area (Å²) < 4.78 is 12.7. The van der Waals surface area contributed by atoms with Crippen molar-refractivity contribution in [2.24, 2.45) is 0 Å². The highest BCUT2D eigenvalue weighted by molar-refractivity contribution is 9.10. The first-order chi connectivity index (χ1) is 17.9. The summed E-state index contributed by atoms with van der Waals surface area (Å²) in [5.41, 5.74) is 2.98. The maximum atomic E-state index is 12.9. The number of fused-ring (bicyclic) bond motifs is 1. The molecule has 0 aliphatic heterocycles. The predicted octanol–water partition coefficient (Wildman–Crippen LogP) is 8.09. The molecule has 0 saturated carbocycles. The van der Waals surface area contributed by atoms with Gasteiger partial charge in [-0.25, -0.2) is 0 Å². The largest absolute Gasteiger partial charge is 0.490 e. The van der Waals surface area contributed by atoms with Gasteiger partial charge < -0.3 is 14.8 Å². The number of carbonyl (C=O) groups is 1. The van der Waals surface area contributed by atoms with Crippen molar-refractivity contribution in [2.45, 2.75) is 20.5 Å². The van der Waals surface area contributed by atoms with Gasteiger partial charge in [0, 0.05) is 15.2 Å². The van der Waals surface area contributed by atoms with E-state index in [1.54, 1.807) is 30.3 Å². The molecular formula is C30H24BrClN2O3. The smallest absolute Gasteiger partial charge is 0.266 e. The zero-order valence-electron chi connectivity index (χ0n) is 20.3. The molecule has 0 saturated heterocycles. The Morgan fingerprint density at radius 3 is 2.59 bits per heavy atom. The first-order valence-electron chi connectivity index (χ1n) is 11.6. The minimum Gasteiger partial charge on any atom is -0.490 e. The van der Waals surface area contributed by atoms with Gasteiger partial charge in [0.2, 0.25) is 0 Å². The molecule has 186 valence electrons. The highest BCUT2D eigenvalue weighted by Crippen LogP contribution is 2.36. The molecular weight excluding hydrogens is 552 g/mol. The highest BCUT2D eigenvalue weighted by atomic mass is 79.9. The Balaban J connectivity index is 1.60. The molecule has 0 aromatic heterocycles. The van der Waals surface area contributed by atoms with Crippen molar-refractivity contribution in [3.05, 3.63) is 105 Å². The van der Waals surface area contributed by atoms with Crippen LogP contribution in [0, 0.1) is 18.3 Å². The van der Waals surface area contributed by atoms with E-state index in [0.29, 0.717) is 45.5 Å². The fourth-order valence-electron chi connectivity index (χ4n) is 3.84. The summed E-state index contributed by atoms with van der Waals surface area (Å²) in [4.78, 5) is 12.9. The third kappa shape index (κ3) is 6.32. The molecule has 0 heterocycles. The second kappa shape index (κ2) is 12.0. The number of hydrogen-bond acceptors (Lipinski definition) is 4. The van der Waals surface area contributed by atoms with E-state index in [1.165, 1.54) is 6.08 Å². The van der Waals surface area contributed by atoms with Crippen molar-refractivity contribution in [3.63, 3.8) is 0 Å². The number of benzene rings is 4. The summed E-state index contributed by atoms with van der Waals surface area (Å²) in [6.45, 7) is 4.51. The Kier molecular flexibility index (Phi) is 8.50. The average Bonchev–Trinajstić information content (AvgIpc) is 2.90. The van der Waals surface area contributed by atoms with Crippen LogP contribution in [0.25, 0.3) is 16.8 Å². The van der Waals surface area contributed by atoms with Crippen LogP contribution in [-0.4, -0.2) is 12.5 Å². The number of amides is 1. The topological polar surface area (TPSA) is 71.3 Å². The molecule has 0 atom stereocenters. The van der Waals surface area contributed by atoms with Gasteiger partial charge >= 0.3 is 0 Å². The number of nitrogens with one attached hydrogen (secondary N) is 1. The molecule has 5 nitrogen and oxygen atoms in total. The molecule has 1 N–H and O–H groups in total. The standard InChI is InChI=1S/C30H24BrClN2O3/c1-3-36-28-14-22(13-23(17-33)30(35)34-27-15-24(32)12-11-19(27)2)26(31)16-29(28)37-18-21-9-6-8-20-7-4-5-10-25(20)21/h4-16H,3,18H2,1-2H3,(H,34,35)/b23-13+. The minimum absolute atomic E-state index is 0.0630. The van der Waals surface area contributed by atoms with Crippen molar-refractivity contribution in [1.29, 1.82) is 5.26 Å². The molecule has 0 unspecified atom stereocenters. The van der Waals surface area contributed by atoms with Crippen molar-refractivity contribution in [2.75, 3.05) is 11.9 Å². The molecule has 0 radical (unpaired) electrons. The van der Waals surface area contributed by atoms with Gasteiger partial charge in [-0.2, -0.15) is 5.26 Å². The van der Waals surface area contributed by atoms with E-state index in [4.69, 9.17) is 21.1 Å². The van der Waals surface area contributed by atoms with Gasteiger partial charge in [0.25, 0.3) is 5.91 Å². The Bertz CT molecular complexity index is 1540. The van der Waals surface area contributed by atoms with E-state index in [1.807, 2.05) is 44.2 Å². The molecule has 7 heteroatoms. The van der Waals surface area contributed by atoms with Gasteiger partial charge in [-0.3, -0.25) is 4.79 Å². The Labute approximate surface area is 229 Å². The molecule has 0 spiro atoms. The zero-order valence-corrected chi connectivity index (χ0v) is 22.7. The van der Waals surface area contributed by atoms with E-state index in [2.05, 4.69) is 39.4 Å². The lowest BCUT2D eigenvalue weighted by Gasteiger charge is -2.15. The minimum atomic E-state index is -0.533. The number of rotatable bonds is 8. The molecule has 1 amide bonds. The molecule has 0 aliphatic carbocycles. The van der Waals surface area contributed by atoms with Crippen molar-refractivity contribution in [1.82, 2.24) is 0 Å². The number of nitrogens with zero attached hydrogens (tertiary/aromatic N) is 1. The number of ether oxygens (including phenoxy) is 2. The monoisotopic (exact) mass is 574 g/mol. The van der Waals surface area contributed by atoms with Crippen LogP contribution in [0.1, 0.15) is 23.6 Å². The number of carbonyl (C=O) groups excluding carboxylic acids is 1. The van der Waals surface area contributed by atoms with E-state index >= 15 is 0 Å². The molecule has 0 aliphatic rings. The van der Waals surface area contributed by atoms with E-state index in [0.717, 1.165) is 21.9 Å². The quantitative estimate of drug-likeness (QED) is 0.170. The van der Waals surface area contributed by atoms with Gasteiger partial charge in [0.15, 0.2) is 11.5 Å². The van der Waals surface area contributed by atoms with Crippen molar-refractivity contribution >= 4 is 56.0 Å². The van der Waals surface area contributed by atoms with Crippen LogP contribution in [-0.2, 0) is 11.4 Å². The lowest BCUT2D eigenvalue weighted by molar-refractivity contribution is -0.112. The summed E-state index contributed by atoms with van der Waals surface area (Å²) in [5, 5.41) is 15.2. The van der Waals surface area contributed by atoms with E-state index in [-0.39, 0.29) is 5.57 Å². The van der Waals surface area contributed by atoms with Gasteiger partial charge in [0.05, 0.1) is 6.61 Å². The zero-order chi connectivity index (χ0) is 26.4. The van der Waals surface area contributed by atoms with Crippen LogP contribution in [0.4, 0.5) is 5.69 Å². The van der Waals surface area contributed by atoms with Crippen LogP contribution in [0.3, 0.4) is 0 Å². The summed E-state index contributed by atoms with van der Waals surface area (Å²) in [7, 11) is 0. The van der Waals surface area contributed by atoms with Crippen LogP contribution in [0.2, 0.25) is 5.02 Å². The van der Waals surface area contributed by atoms with Crippen LogP contribution in [0.5, 0.6) is 11.5 Å². The molecule has 0 fully saturated rings. The third-order valence-corrected chi connectivity index (χ3v) is 6.66. The maximum Gasteiger partial charge on any atom is 0.266 e. The Morgan fingerprint density at radius 2 is 1.81 bits per heavy atom. The molecule has 4 aromatic carbocycles. The normalized spacial score (nSPS) is 11.2. The first kappa shape index (κ1) is 26.3. The van der Waals surface area contributed by atoms with Crippen molar-refractivity contribution < 1.29 is 14.3 Å². The van der Waals surface area contributed by atoms with Gasteiger partial charge in [-0.05, 0) is 71.7 Å². The van der Waals surface area contributed by atoms with Crippen molar-refractivity contribution in [3.8, 4) is 17.6 Å². The SMILES string of the molecule is CCOc1cc(/C=C(\C#N)C(=O)Nc2cc(Cl)ccc2C)c(Br)cc1OCc1cccc2ccccc12. The lowest BCUT2D eigenvalue weighted by Crippen LogP contribution is -2.14. The average molecular weight is 576 g/mol. The van der Waals surface area contributed by atoms with E-state index in [9.17, 15) is 10.1 Å². The first-order valence-corrected chi connectivity index (χ1v) is 12.8. The molecule has 4 rings (SSSR count). The second-order valence-electron chi connectivity index (χ2n) is 8.26. The fourth-order valence-corrected chi connectivity index (χ4v) is 4.45. The molecule has 0 bridgehead atoms. The second-order valence-corrected chi connectivity index (χ2v) is 9.55. The maximum absolute atomic E-state index is 12.9. The van der Waals surface area contributed by atoms with E-state index < -0.39 is 5.91 Å². The summed E-state index contributed by atoms with van der Waals surface area (Å²) in [6, 6.07) is 25.0. The summed E-state index contributed by atoms with van der Waals surface area (Å²) in [6.07, 6.45) is 1.51. The molecule has 37 heavy (non-hydrogen) atoms. The predicted molar refractivity (Wildman–Crippen MR) is 152 cm³/mol. The number of anilines is 1. The summed E-state index contributed by atoms with van der Waals surface area (Å²) >= 11 is 9.61. The summed E-state index contributed by atoms with van der Waals surface area (Å²) in [5.74, 6) is 0.533. The van der Waals surface area contributed by atoms with Crippen LogP contribution < -0.4 is 14.8 Å². The number of hydrogen-bond donors (Lipinski definition) is 1. The Morgan fingerprint density at radius 1 is 1.05 bits per heavy atom. The fraction of sp³-hybridized carbons (Fsp3) is 0.133. The highest BCUT2D eigenvalue weighted by Gasteiger charge is 2.15. The third-order valence-electron chi connectivity index (χ3n) is 5.74. The Hall–Kier alpha value is -3.79.